The van der Waals surface area contributed by atoms with Crippen LogP contribution >= 0.6 is 22.9 Å². The van der Waals surface area contributed by atoms with Crippen molar-refractivity contribution in [1.82, 2.24) is 5.43 Å². The summed E-state index contributed by atoms with van der Waals surface area (Å²) in [6, 6.07) is 19.4. The van der Waals surface area contributed by atoms with E-state index in [0.717, 1.165) is 10.1 Å². The number of nitro groups is 1. The van der Waals surface area contributed by atoms with E-state index >= 15 is 0 Å². The summed E-state index contributed by atoms with van der Waals surface area (Å²) in [5.41, 5.74) is 2.68. The summed E-state index contributed by atoms with van der Waals surface area (Å²) in [4.78, 5) is 35.2. The van der Waals surface area contributed by atoms with Crippen molar-refractivity contribution in [3.63, 3.8) is 0 Å². The van der Waals surface area contributed by atoms with Gasteiger partial charge in [0.25, 0.3) is 11.6 Å². The Bertz CT molecular complexity index is 1430. The molecule has 1 heterocycles. The van der Waals surface area contributed by atoms with E-state index in [0.29, 0.717) is 16.3 Å². The number of amides is 1. The molecule has 0 saturated heterocycles. The minimum absolute atomic E-state index is 0.0830. The molecule has 0 spiro atoms. The van der Waals surface area contributed by atoms with Crippen LogP contribution in [0.15, 0.2) is 77.9 Å². The molecular formula is C24H16ClN3O6S. The number of benzene rings is 3. The molecule has 0 aliphatic rings. The smallest absolute Gasteiger partial charge is 0.355 e. The number of fused-ring (bicyclic) bond motifs is 1. The summed E-state index contributed by atoms with van der Waals surface area (Å²) in [5.74, 6) is -0.609. The van der Waals surface area contributed by atoms with Crippen LogP contribution in [0, 0.1) is 10.1 Å². The van der Waals surface area contributed by atoms with E-state index in [1.165, 1.54) is 41.8 Å². The van der Waals surface area contributed by atoms with Crippen LogP contribution in [0.5, 0.6) is 11.5 Å². The third-order valence-corrected chi connectivity index (χ3v) is 6.31. The fourth-order valence-electron chi connectivity index (χ4n) is 2.99. The Morgan fingerprint density at radius 3 is 2.51 bits per heavy atom. The zero-order valence-electron chi connectivity index (χ0n) is 17.8. The highest BCUT2D eigenvalue weighted by atomic mass is 35.5. The maximum atomic E-state index is 12.8. The first kappa shape index (κ1) is 23.9. The van der Waals surface area contributed by atoms with Crippen LogP contribution in [-0.2, 0) is 4.79 Å². The standard InChI is InChI=1S/C24H16ClN3O6S/c25-22-18-6-2-4-8-20(18)35-23(22)24(30)34-19-7-3-1-5-15(19)13-26-27-21(29)14-33-17-11-9-16(10-12-17)28(31)32/h1-13H,14H2,(H,27,29)/b26-13+. The fraction of sp³-hybridized carbons (Fsp3) is 0.0417. The molecular weight excluding hydrogens is 494 g/mol. The van der Waals surface area contributed by atoms with Crippen molar-refractivity contribution in [2.45, 2.75) is 0 Å². The molecule has 0 atom stereocenters. The summed E-state index contributed by atoms with van der Waals surface area (Å²) in [7, 11) is 0. The zero-order valence-corrected chi connectivity index (χ0v) is 19.4. The van der Waals surface area contributed by atoms with Crippen molar-refractivity contribution in [3.05, 3.63) is 98.4 Å². The Labute approximate surface area is 207 Å². The monoisotopic (exact) mass is 509 g/mol. The highest BCUT2D eigenvalue weighted by molar-refractivity contribution is 7.21. The summed E-state index contributed by atoms with van der Waals surface area (Å²) in [6.45, 7) is -0.351. The number of nitrogens with one attached hydrogen (secondary N) is 1. The number of hydrazone groups is 1. The van der Waals surface area contributed by atoms with Gasteiger partial charge in [0.1, 0.15) is 16.4 Å². The maximum Gasteiger partial charge on any atom is 0.355 e. The second-order valence-corrected chi connectivity index (χ2v) is 8.43. The van der Waals surface area contributed by atoms with Gasteiger partial charge in [-0.1, -0.05) is 41.9 Å². The Kier molecular flexibility index (Phi) is 7.34. The highest BCUT2D eigenvalue weighted by Crippen LogP contribution is 2.36. The molecule has 0 bridgehead atoms. The molecule has 0 aliphatic heterocycles. The van der Waals surface area contributed by atoms with Crippen LogP contribution in [0.4, 0.5) is 5.69 Å². The third-order valence-electron chi connectivity index (χ3n) is 4.65. The predicted molar refractivity (Wildman–Crippen MR) is 133 cm³/mol. The van der Waals surface area contributed by atoms with Gasteiger partial charge in [0.15, 0.2) is 6.61 Å². The lowest BCUT2D eigenvalue weighted by atomic mass is 10.2. The Morgan fingerprint density at radius 1 is 1.06 bits per heavy atom. The average Bonchev–Trinajstić information content (AvgIpc) is 3.20. The van der Waals surface area contributed by atoms with Gasteiger partial charge in [0.2, 0.25) is 0 Å². The molecule has 0 aliphatic carbocycles. The number of halogens is 1. The quantitative estimate of drug-likeness (QED) is 0.114. The molecule has 0 fully saturated rings. The van der Waals surface area contributed by atoms with Crippen LogP contribution in [0.3, 0.4) is 0 Å². The molecule has 176 valence electrons. The summed E-state index contributed by atoms with van der Waals surface area (Å²) < 4.78 is 11.7. The summed E-state index contributed by atoms with van der Waals surface area (Å²) >= 11 is 7.61. The van der Waals surface area contributed by atoms with E-state index in [-0.39, 0.29) is 22.9 Å². The summed E-state index contributed by atoms with van der Waals surface area (Å²) in [5, 5.41) is 15.7. The molecule has 1 aromatic heterocycles. The normalized spacial score (nSPS) is 10.9. The van der Waals surface area contributed by atoms with E-state index < -0.39 is 16.8 Å². The number of thiophene rings is 1. The SMILES string of the molecule is O=C(COc1ccc([N+](=O)[O-])cc1)N/N=C/c1ccccc1OC(=O)c1sc2ccccc2c1Cl. The van der Waals surface area contributed by atoms with Crippen LogP contribution in [0.1, 0.15) is 15.2 Å². The average molecular weight is 510 g/mol. The number of non-ortho nitro benzene ring substituents is 1. The second kappa shape index (κ2) is 10.8. The lowest BCUT2D eigenvalue weighted by Gasteiger charge is -2.07. The molecule has 3 aromatic carbocycles. The molecule has 0 saturated carbocycles. The van der Waals surface area contributed by atoms with E-state index in [2.05, 4.69) is 10.5 Å². The number of hydrogen-bond acceptors (Lipinski definition) is 8. The first-order valence-electron chi connectivity index (χ1n) is 10.1. The third kappa shape index (κ3) is 5.81. The minimum atomic E-state index is -0.599. The number of nitro benzene ring substituents is 1. The number of para-hydroxylation sites is 1. The van der Waals surface area contributed by atoms with Crippen molar-refractivity contribution in [3.8, 4) is 11.5 Å². The predicted octanol–water partition coefficient (Wildman–Crippen LogP) is 5.21. The topological polar surface area (TPSA) is 120 Å². The first-order chi connectivity index (χ1) is 16.9. The van der Waals surface area contributed by atoms with Crippen molar-refractivity contribution in [2.75, 3.05) is 6.61 Å². The van der Waals surface area contributed by atoms with Crippen LogP contribution in [-0.4, -0.2) is 29.6 Å². The molecule has 9 nitrogen and oxygen atoms in total. The van der Waals surface area contributed by atoms with Crippen molar-refractivity contribution >= 4 is 56.8 Å². The number of esters is 1. The molecule has 1 amide bonds. The van der Waals surface area contributed by atoms with E-state index in [1.54, 1.807) is 24.3 Å². The molecule has 1 N–H and O–H groups in total. The van der Waals surface area contributed by atoms with E-state index in [4.69, 9.17) is 21.1 Å². The lowest BCUT2D eigenvalue weighted by Crippen LogP contribution is -2.24. The lowest BCUT2D eigenvalue weighted by molar-refractivity contribution is -0.384. The molecule has 4 aromatic rings. The van der Waals surface area contributed by atoms with Gasteiger partial charge >= 0.3 is 5.97 Å². The Hall–Kier alpha value is -4.28. The molecule has 0 radical (unpaired) electrons. The van der Waals surface area contributed by atoms with Gasteiger partial charge in [-0.2, -0.15) is 5.10 Å². The van der Waals surface area contributed by atoms with Gasteiger partial charge in [-0.25, -0.2) is 10.2 Å². The Balaban J connectivity index is 1.36. The van der Waals surface area contributed by atoms with Gasteiger partial charge in [0, 0.05) is 27.8 Å². The van der Waals surface area contributed by atoms with Gasteiger partial charge in [-0.3, -0.25) is 14.9 Å². The largest absolute Gasteiger partial charge is 0.484 e. The number of carbonyl (C=O) groups excluding carboxylic acids is 2. The minimum Gasteiger partial charge on any atom is -0.484 e. The fourth-order valence-corrected chi connectivity index (χ4v) is 4.38. The van der Waals surface area contributed by atoms with Gasteiger partial charge in [-0.05, 0) is 30.3 Å². The van der Waals surface area contributed by atoms with Crippen LogP contribution in [0.2, 0.25) is 5.02 Å². The molecule has 4 rings (SSSR count). The molecule has 35 heavy (non-hydrogen) atoms. The summed E-state index contributed by atoms with van der Waals surface area (Å²) in [6.07, 6.45) is 1.33. The van der Waals surface area contributed by atoms with E-state index in [9.17, 15) is 19.7 Å². The van der Waals surface area contributed by atoms with Crippen molar-refractivity contribution in [2.24, 2.45) is 5.10 Å². The Morgan fingerprint density at radius 2 is 1.77 bits per heavy atom. The maximum absolute atomic E-state index is 12.8. The van der Waals surface area contributed by atoms with Gasteiger partial charge in [-0.15, -0.1) is 11.3 Å². The van der Waals surface area contributed by atoms with Gasteiger partial charge in [0.05, 0.1) is 16.2 Å². The molecule has 0 unspecified atom stereocenters. The van der Waals surface area contributed by atoms with Gasteiger partial charge < -0.3 is 9.47 Å². The highest BCUT2D eigenvalue weighted by Gasteiger charge is 2.19. The van der Waals surface area contributed by atoms with Crippen LogP contribution in [0.25, 0.3) is 10.1 Å². The number of hydrogen-bond donors (Lipinski definition) is 1. The van der Waals surface area contributed by atoms with Crippen molar-refractivity contribution < 1.29 is 24.0 Å². The van der Waals surface area contributed by atoms with Crippen LogP contribution < -0.4 is 14.9 Å². The zero-order chi connectivity index (χ0) is 24.8. The first-order valence-corrected chi connectivity index (χ1v) is 11.3. The number of rotatable bonds is 8. The number of ether oxygens (including phenoxy) is 2. The number of nitrogens with zero attached hydrogens (tertiary/aromatic N) is 2. The second-order valence-electron chi connectivity index (χ2n) is 7.00. The van der Waals surface area contributed by atoms with E-state index in [1.807, 2.05) is 24.3 Å². The number of carbonyl (C=O) groups is 2. The van der Waals surface area contributed by atoms with Crippen molar-refractivity contribution in [1.29, 1.82) is 0 Å². The molecule has 11 heteroatoms.